The topological polar surface area (TPSA) is 89.7 Å². The second-order valence-electron chi connectivity index (χ2n) is 7.40. The Morgan fingerprint density at radius 2 is 1.79 bits per heavy atom. The van der Waals surface area contributed by atoms with Crippen molar-refractivity contribution in [2.45, 2.75) is 6.29 Å². The van der Waals surface area contributed by atoms with E-state index in [4.69, 9.17) is 14.2 Å². The predicted molar refractivity (Wildman–Crippen MR) is 130 cm³/mol. The fraction of sp³-hybridized carbons (Fsp3) is 0.148. The summed E-state index contributed by atoms with van der Waals surface area (Å²) in [7, 11) is 1.72. The Bertz CT molecular complexity index is 1220. The smallest absolute Gasteiger partial charge is 0.363 e. The van der Waals surface area contributed by atoms with Gasteiger partial charge in [-0.3, -0.25) is 4.99 Å². The van der Waals surface area contributed by atoms with E-state index in [9.17, 15) is 9.90 Å². The molecule has 0 bridgehead atoms. The lowest BCUT2D eigenvalue weighted by molar-refractivity contribution is -0.129. The molecule has 1 atom stereocenters. The maximum Gasteiger partial charge on any atom is 0.363 e. The molecule has 1 aliphatic rings. The molecule has 0 amide bonds. The van der Waals surface area contributed by atoms with Crippen molar-refractivity contribution in [3.8, 4) is 5.75 Å². The SMILES string of the molecule is CN=Cc1ccc(OCCOC(O)c2cccc(C3=NC(=Cc4ccccc4)C(=O)O3)c2)cc1. The number of nitrogens with zero attached hydrogens (tertiary/aromatic N) is 2. The molecule has 0 saturated carbocycles. The van der Waals surface area contributed by atoms with Crippen LogP contribution in [0.5, 0.6) is 5.75 Å². The third-order valence-electron chi connectivity index (χ3n) is 4.93. The van der Waals surface area contributed by atoms with E-state index in [1.165, 1.54) is 0 Å². The molecule has 1 unspecified atom stereocenters. The van der Waals surface area contributed by atoms with Crippen molar-refractivity contribution in [3.63, 3.8) is 0 Å². The van der Waals surface area contributed by atoms with E-state index in [1.807, 2.05) is 54.6 Å². The van der Waals surface area contributed by atoms with Gasteiger partial charge in [0.15, 0.2) is 12.0 Å². The number of esters is 1. The van der Waals surface area contributed by atoms with Gasteiger partial charge in [-0.15, -0.1) is 0 Å². The van der Waals surface area contributed by atoms with Crippen LogP contribution in [-0.2, 0) is 14.3 Å². The van der Waals surface area contributed by atoms with E-state index in [2.05, 4.69) is 9.98 Å². The molecule has 7 nitrogen and oxygen atoms in total. The average molecular weight is 456 g/mol. The number of benzene rings is 3. The van der Waals surface area contributed by atoms with Gasteiger partial charge in [0, 0.05) is 24.4 Å². The van der Waals surface area contributed by atoms with Crippen molar-refractivity contribution in [2.75, 3.05) is 20.3 Å². The molecule has 0 radical (unpaired) electrons. The van der Waals surface area contributed by atoms with Gasteiger partial charge in [-0.05, 0) is 53.6 Å². The number of carbonyl (C=O) groups excluding carboxylic acids is 1. The van der Waals surface area contributed by atoms with Crippen LogP contribution < -0.4 is 4.74 Å². The van der Waals surface area contributed by atoms with Crippen LogP contribution in [0.3, 0.4) is 0 Å². The first-order valence-electron chi connectivity index (χ1n) is 10.7. The second kappa shape index (κ2) is 11.2. The van der Waals surface area contributed by atoms with Gasteiger partial charge in [0.25, 0.3) is 0 Å². The molecule has 1 aliphatic heterocycles. The van der Waals surface area contributed by atoms with Gasteiger partial charge in [-0.2, -0.15) is 0 Å². The maximum atomic E-state index is 12.2. The first-order valence-corrected chi connectivity index (χ1v) is 10.7. The standard InChI is InChI=1S/C27H24N2O5/c1-28-18-20-10-12-23(13-11-20)32-14-15-33-26(30)22-9-5-8-21(17-22)25-29-24(27(31)34-25)16-19-6-3-2-4-7-19/h2-13,16-18,26,30H,14-15H2,1H3. The number of aliphatic hydroxyl groups excluding tert-OH is 1. The number of hydrogen-bond acceptors (Lipinski definition) is 7. The van der Waals surface area contributed by atoms with Gasteiger partial charge < -0.3 is 19.3 Å². The van der Waals surface area contributed by atoms with E-state index < -0.39 is 12.3 Å². The number of cyclic esters (lactones) is 1. The summed E-state index contributed by atoms with van der Waals surface area (Å²) in [6.45, 7) is 0.458. The number of aliphatic imine (C=N–C) groups is 2. The predicted octanol–water partition coefficient (Wildman–Crippen LogP) is 4.17. The van der Waals surface area contributed by atoms with Crippen LogP contribution in [0, 0.1) is 0 Å². The zero-order valence-electron chi connectivity index (χ0n) is 18.6. The summed E-state index contributed by atoms with van der Waals surface area (Å²) in [4.78, 5) is 20.5. The van der Waals surface area contributed by atoms with Crippen molar-refractivity contribution < 1.29 is 24.1 Å². The van der Waals surface area contributed by atoms with Gasteiger partial charge in [-0.25, -0.2) is 9.79 Å². The molecule has 0 spiro atoms. The highest BCUT2D eigenvalue weighted by Gasteiger charge is 2.24. The van der Waals surface area contributed by atoms with Gasteiger partial charge in [-0.1, -0.05) is 42.5 Å². The summed E-state index contributed by atoms with van der Waals surface area (Å²) in [6.07, 6.45) is 2.27. The van der Waals surface area contributed by atoms with Crippen LogP contribution in [0.2, 0.25) is 0 Å². The molecule has 4 rings (SSSR count). The summed E-state index contributed by atoms with van der Waals surface area (Å²) < 4.78 is 16.5. The summed E-state index contributed by atoms with van der Waals surface area (Å²) in [5.41, 5.74) is 3.14. The molecular formula is C27H24N2O5. The fourth-order valence-electron chi connectivity index (χ4n) is 3.28. The molecule has 0 aromatic heterocycles. The van der Waals surface area contributed by atoms with Crippen LogP contribution in [0.15, 0.2) is 94.5 Å². The third kappa shape index (κ3) is 6.04. The molecule has 34 heavy (non-hydrogen) atoms. The Morgan fingerprint density at radius 3 is 2.56 bits per heavy atom. The molecule has 1 heterocycles. The first kappa shape index (κ1) is 23.1. The maximum absolute atomic E-state index is 12.2. The van der Waals surface area contributed by atoms with Crippen molar-refractivity contribution in [1.29, 1.82) is 0 Å². The highest BCUT2D eigenvalue weighted by atomic mass is 16.6. The Balaban J connectivity index is 1.34. The Labute approximate surface area is 197 Å². The average Bonchev–Trinajstić information content (AvgIpc) is 3.23. The monoisotopic (exact) mass is 456 g/mol. The number of aliphatic hydroxyl groups is 1. The van der Waals surface area contributed by atoms with Gasteiger partial charge in [0.05, 0.1) is 6.61 Å². The molecule has 0 fully saturated rings. The normalized spacial score (nSPS) is 15.4. The van der Waals surface area contributed by atoms with E-state index in [1.54, 1.807) is 43.6 Å². The van der Waals surface area contributed by atoms with Crippen LogP contribution in [0.4, 0.5) is 0 Å². The van der Waals surface area contributed by atoms with E-state index in [0.717, 1.165) is 11.1 Å². The van der Waals surface area contributed by atoms with Gasteiger partial charge in [0.2, 0.25) is 5.90 Å². The summed E-state index contributed by atoms with van der Waals surface area (Å²) in [5, 5.41) is 10.4. The Kier molecular flexibility index (Phi) is 7.60. The summed E-state index contributed by atoms with van der Waals surface area (Å²) in [5.74, 6) is 0.364. The molecule has 3 aromatic rings. The van der Waals surface area contributed by atoms with Gasteiger partial charge in [0.1, 0.15) is 12.4 Å². The molecule has 0 aliphatic carbocycles. The van der Waals surface area contributed by atoms with Crippen molar-refractivity contribution in [1.82, 2.24) is 0 Å². The largest absolute Gasteiger partial charge is 0.491 e. The van der Waals surface area contributed by atoms with Crippen molar-refractivity contribution in [3.05, 3.63) is 107 Å². The van der Waals surface area contributed by atoms with Crippen LogP contribution in [-0.4, -0.2) is 43.4 Å². The zero-order chi connectivity index (χ0) is 23.8. The quantitative estimate of drug-likeness (QED) is 0.172. The van der Waals surface area contributed by atoms with Crippen molar-refractivity contribution >= 4 is 24.2 Å². The molecule has 0 saturated heterocycles. The first-order chi connectivity index (χ1) is 16.6. The van der Waals surface area contributed by atoms with Crippen LogP contribution in [0.1, 0.15) is 28.5 Å². The van der Waals surface area contributed by atoms with Crippen LogP contribution >= 0.6 is 0 Å². The number of carbonyl (C=O) groups is 1. The van der Waals surface area contributed by atoms with Crippen LogP contribution in [0.25, 0.3) is 6.08 Å². The van der Waals surface area contributed by atoms with Gasteiger partial charge >= 0.3 is 5.97 Å². The summed E-state index contributed by atoms with van der Waals surface area (Å²) >= 11 is 0. The molecule has 1 N–H and O–H groups in total. The fourth-order valence-corrected chi connectivity index (χ4v) is 3.28. The number of rotatable bonds is 9. The lowest BCUT2D eigenvalue weighted by Gasteiger charge is -2.14. The molecule has 3 aromatic carbocycles. The molecule has 7 heteroatoms. The lowest BCUT2D eigenvalue weighted by atomic mass is 10.1. The minimum Gasteiger partial charge on any atom is -0.491 e. The van der Waals surface area contributed by atoms with E-state index >= 15 is 0 Å². The van der Waals surface area contributed by atoms with E-state index in [-0.39, 0.29) is 24.8 Å². The number of hydrogen-bond donors (Lipinski definition) is 1. The number of ether oxygens (including phenoxy) is 3. The second-order valence-corrected chi connectivity index (χ2v) is 7.40. The van der Waals surface area contributed by atoms with Crippen molar-refractivity contribution in [2.24, 2.45) is 9.98 Å². The highest BCUT2D eigenvalue weighted by Crippen LogP contribution is 2.22. The zero-order valence-corrected chi connectivity index (χ0v) is 18.6. The minimum absolute atomic E-state index is 0.182. The van der Waals surface area contributed by atoms with E-state index in [0.29, 0.717) is 16.9 Å². The highest BCUT2D eigenvalue weighted by molar-refractivity contribution is 6.12. The molecular weight excluding hydrogens is 432 g/mol. The Hall–Kier alpha value is -4.07. The third-order valence-corrected chi connectivity index (χ3v) is 4.93. The minimum atomic E-state index is -1.16. The molecule has 172 valence electrons. The lowest BCUT2D eigenvalue weighted by Crippen LogP contribution is -2.12. The summed E-state index contributed by atoms with van der Waals surface area (Å²) in [6, 6.07) is 23.8. The Morgan fingerprint density at radius 1 is 1.00 bits per heavy atom.